The van der Waals surface area contributed by atoms with Crippen LogP contribution in [0.15, 0.2) is 0 Å². The normalized spacial score (nSPS) is 53.9. The van der Waals surface area contributed by atoms with Gasteiger partial charge in [0.1, 0.15) is 0 Å². The number of hydrogen-bond acceptors (Lipinski definition) is 6. The van der Waals surface area contributed by atoms with Gasteiger partial charge in [0.2, 0.25) is 0 Å². The molecular weight excluding hydrogens is 1170 g/mol. The van der Waals surface area contributed by atoms with Crippen molar-refractivity contribution in [3.63, 3.8) is 0 Å². The molecular formula is C90H146N4O2. The van der Waals surface area contributed by atoms with Gasteiger partial charge in [-0.3, -0.25) is 19.6 Å². The number of rotatable bonds is 7. The third kappa shape index (κ3) is 11.6. The molecule has 15 saturated carbocycles. The highest BCUT2D eigenvalue weighted by Crippen LogP contribution is 2.63. The largest absolute Gasteiger partial charge is 0.373 e. The lowest BCUT2D eigenvalue weighted by Crippen LogP contribution is -2.55. The second-order valence-corrected chi connectivity index (χ2v) is 40.8. The molecule has 21 rings (SSSR count). The van der Waals surface area contributed by atoms with Gasteiger partial charge in [0.05, 0.1) is 24.4 Å². The highest BCUT2D eigenvalue weighted by atomic mass is 16.5. The molecule has 0 aromatic carbocycles. The predicted molar refractivity (Wildman–Crippen MR) is 392 cm³/mol. The van der Waals surface area contributed by atoms with Crippen LogP contribution >= 0.6 is 0 Å². The van der Waals surface area contributed by atoms with Crippen LogP contribution in [0.2, 0.25) is 0 Å². The summed E-state index contributed by atoms with van der Waals surface area (Å²) in [6, 6.07) is 10.9. The molecule has 0 N–H and O–H groups in total. The van der Waals surface area contributed by atoms with Crippen LogP contribution in [0.5, 0.6) is 0 Å². The Hall–Kier alpha value is -0.240. The molecule has 538 valence electrons. The first kappa shape index (κ1) is 65.3. The molecule has 0 aromatic rings. The van der Waals surface area contributed by atoms with Crippen molar-refractivity contribution in [2.75, 3.05) is 0 Å². The van der Waals surface area contributed by atoms with E-state index in [4.69, 9.17) is 9.47 Å². The summed E-state index contributed by atoms with van der Waals surface area (Å²) in [5.74, 6) is 18.2. The Morgan fingerprint density at radius 2 is 0.438 bits per heavy atom. The summed E-state index contributed by atoms with van der Waals surface area (Å²) in [4.78, 5) is 13.2. The van der Waals surface area contributed by atoms with Gasteiger partial charge in [-0.25, -0.2) is 0 Å². The van der Waals surface area contributed by atoms with E-state index in [2.05, 4.69) is 19.6 Å². The fourth-order valence-corrected chi connectivity index (χ4v) is 34.2. The van der Waals surface area contributed by atoms with Crippen LogP contribution in [0.25, 0.3) is 0 Å². The van der Waals surface area contributed by atoms with Gasteiger partial charge in [-0.2, -0.15) is 0 Å². The zero-order valence-corrected chi connectivity index (χ0v) is 61.8. The number of hydrogen-bond donors (Lipinski definition) is 0. The van der Waals surface area contributed by atoms with Gasteiger partial charge in [0.15, 0.2) is 0 Å². The Kier molecular flexibility index (Phi) is 19.2. The Balaban J connectivity index is 0.000000132. The van der Waals surface area contributed by atoms with Crippen LogP contribution in [0.3, 0.4) is 0 Å². The summed E-state index contributed by atoms with van der Waals surface area (Å²) in [5, 5.41) is 0. The first-order valence-electron chi connectivity index (χ1n) is 46.0. The number of ether oxygens (including phenoxy) is 2. The van der Waals surface area contributed by atoms with E-state index in [9.17, 15) is 0 Å². The molecule has 21 fully saturated rings. The molecule has 0 radical (unpaired) electrons. The van der Waals surface area contributed by atoms with Crippen molar-refractivity contribution in [1.29, 1.82) is 0 Å². The minimum absolute atomic E-state index is 0.581. The molecule has 32 atom stereocenters. The van der Waals surface area contributed by atoms with E-state index in [-0.39, 0.29) is 0 Å². The molecule has 15 aliphatic carbocycles. The number of nitrogens with zero attached hydrogens (tertiary/aromatic N) is 4. The molecule has 0 bridgehead atoms. The SMILES string of the molecule is C1CCC(C2CCCC(N3C4CCCCC4C4CC(C5CCC6C(C5)C5CCCCC5N6C5CCCC6C7CCCCC7OC65)CCC43)C2)CC1.C1CCC(N2C3CCCCC3C3CC(C4CCC5C(C4)C4CCCCC4N5C4CCCC5C6CCCCC6OC54)CCC32)CC1. The van der Waals surface area contributed by atoms with E-state index in [0.717, 1.165) is 179 Å². The molecule has 0 aromatic heterocycles. The van der Waals surface area contributed by atoms with Crippen molar-refractivity contribution >= 4 is 0 Å². The quantitative estimate of drug-likeness (QED) is 0.253. The monoisotopic (exact) mass is 1320 g/mol. The van der Waals surface area contributed by atoms with Gasteiger partial charge in [-0.1, -0.05) is 154 Å². The Morgan fingerprint density at radius 1 is 0.156 bits per heavy atom. The summed E-state index contributed by atoms with van der Waals surface area (Å²) in [7, 11) is 0. The number of fused-ring (bicyclic) bond motifs is 18. The van der Waals surface area contributed by atoms with E-state index < -0.39 is 0 Å². The van der Waals surface area contributed by atoms with Crippen molar-refractivity contribution < 1.29 is 9.47 Å². The highest BCUT2D eigenvalue weighted by Gasteiger charge is 2.63. The fraction of sp³-hybridized carbons (Fsp3) is 1.00. The highest BCUT2D eigenvalue weighted by molar-refractivity contribution is 5.15. The van der Waals surface area contributed by atoms with E-state index in [0.29, 0.717) is 24.4 Å². The second-order valence-electron chi connectivity index (χ2n) is 40.8. The molecule has 6 nitrogen and oxygen atoms in total. The standard InChI is InChI=1S/C48H78N2O.C42H68N2O/c1-2-12-31(13-3-1)32-14-10-15-35(28-32)49-42-20-7-4-16-36(42)40-29-33(24-26-44(40)49)34-25-27-45-41(30-34)37-17-5-8-21-43(37)50(45)46-22-11-19-39-38-18-6-9-23-47(38)51-48(39)46;1-2-11-29(12-3-1)43-36-17-7-4-13-30(36)34-25-27(21-23-38(34)43)28-22-24-39-35(26-28)31-14-5-8-18-37(31)44(39)40-19-10-16-33-32-15-6-9-20-41(32)45-42(33)40/h31-48H,1-30H2;27-42H,1-26H2. The number of likely N-dealkylation sites (tertiary alicyclic amines) is 4. The van der Waals surface area contributed by atoms with Gasteiger partial charge < -0.3 is 9.47 Å². The zero-order valence-electron chi connectivity index (χ0n) is 61.8. The van der Waals surface area contributed by atoms with E-state index in [1.807, 2.05) is 0 Å². The van der Waals surface area contributed by atoms with Gasteiger partial charge >= 0.3 is 0 Å². The van der Waals surface area contributed by atoms with Crippen LogP contribution in [0, 0.1) is 107 Å². The molecule has 21 aliphatic rings. The third-order valence-corrected chi connectivity index (χ3v) is 37.5. The topological polar surface area (TPSA) is 31.4 Å². The summed E-state index contributed by atoms with van der Waals surface area (Å²) < 4.78 is 14.4. The van der Waals surface area contributed by atoms with Crippen molar-refractivity contribution in [3.05, 3.63) is 0 Å². The molecule has 6 saturated heterocycles. The maximum absolute atomic E-state index is 7.20. The van der Waals surface area contributed by atoms with Crippen molar-refractivity contribution in [2.45, 2.75) is 456 Å². The molecule has 6 heterocycles. The van der Waals surface area contributed by atoms with Gasteiger partial charge in [-0.15, -0.1) is 0 Å². The summed E-state index contributed by atoms with van der Waals surface area (Å²) in [6.07, 6.45) is 87.7. The lowest BCUT2D eigenvalue weighted by molar-refractivity contribution is -0.0682. The minimum atomic E-state index is 0.581. The summed E-state index contributed by atoms with van der Waals surface area (Å²) in [6.45, 7) is 0. The average Bonchev–Trinajstić information content (AvgIpc) is 1.58. The van der Waals surface area contributed by atoms with Gasteiger partial charge in [-0.05, 0) is 312 Å². The Bertz CT molecular complexity index is 2580. The third-order valence-electron chi connectivity index (χ3n) is 37.5. The summed E-state index contributed by atoms with van der Waals surface area (Å²) >= 11 is 0. The summed E-state index contributed by atoms with van der Waals surface area (Å²) in [5.41, 5.74) is 0. The molecule has 0 spiro atoms. The molecule has 6 aliphatic heterocycles. The van der Waals surface area contributed by atoms with Crippen LogP contribution in [-0.4, -0.2) is 117 Å². The zero-order chi connectivity index (χ0) is 63.0. The Labute approximate surface area is 588 Å². The van der Waals surface area contributed by atoms with Crippen LogP contribution in [0.1, 0.15) is 360 Å². The smallest absolute Gasteiger partial charge is 0.0766 e. The predicted octanol–water partition coefficient (Wildman–Crippen LogP) is 21.3. The van der Waals surface area contributed by atoms with E-state index >= 15 is 0 Å². The van der Waals surface area contributed by atoms with Gasteiger partial charge in [0.25, 0.3) is 0 Å². The van der Waals surface area contributed by atoms with Crippen LogP contribution < -0.4 is 0 Å². The minimum Gasteiger partial charge on any atom is -0.373 e. The second kappa shape index (κ2) is 28.2. The maximum atomic E-state index is 7.20. The molecule has 96 heavy (non-hydrogen) atoms. The van der Waals surface area contributed by atoms with Gasteiger partial charge in [0, 0.05) is 72.5 Å². The average molecular weight is 1320 g/mol. The first-order valence-corrected chi connectivity index (χ1v) is 46.0. The lowest BCUT2D eigenvalue weighted by Gasteiger charge is -2.48. The van der Waals surface area contributed by atoms with Crippen molar-refractivity contribution in [3.8, 4) is 0 Å². The van der Waals surface area contributed by atoms with Crippen molar-refractivity contribution in [2.24, 2.45) is 107 Å². The van der Waals surface area contributed by atoms with E-state index in [1.165, 1.54) is 212 Å². The Morgan fingerprint density at radius 3 is 0.875 bits per heavy atom. The van der Waals surface area contributed by atoms with E-state index in [1.54, 1.807) is 148 Å². The molecule has 6 heteroatoms. The molecule has 32 unspecified atom stereocenters. The lowest BCUT2D eigenvalue weighted by atomic mass is 9.62. The molecule has 0 amide bonds. The first-order chi connectivity index (χ1) is 47.6. The van der Waals surface area contributed by atoms with Crippen LogP contribution in [-0.2, 0) is 9.47 Å². The fourth-order valence-electron chi connectivity index (χ4n) is 34.2. The van der Waals surface area contributed by atoms with Crippen LogP contribution in [0.4, 0.5) is 0 Å². The van der Waals surface area contributed by atoms with Crippen molar-refractivity contribution in [1.82, 2.24) is 19.6 Å². The maximum Gasteiger partial charge on any atom is 0.0766 e.